The van der Waals surface area contributed by atoms with E-state index in [0.717, 1.165) is 88.6 Å². The Hall–Kier alpha value is -0.810. The summed E-state index contributed by atoms with van der Waals surface area (Å²) in [5.74, 6) is 0.470. The molecule has 46 heavy (non-hydrogen) atoms. The summed E-state index contributed by atoms with van der Waals surface area (Å²) in [5.41, 5.74) is 0. The zero-order chi connectivity index (χ0) is 33.1. The molecule has 4 heterocycles. The third-order valence-corrected chi connectivity index (χ3v) is 16.5. The number of rotatable bonds is 12. The molecule has 1 saturated carbocycles. The molecule has 1 atom stereocenters. The monoisotopic (exact) mass is 842 g/mol. The fraction of sp³-hybridized carbons (Fsp3) is 0.667. The number of pyridine rings is 1. The zero-order valence-corrected chi connectivity index (χ0v) is 31.9. The number of anilines is 1. The van der Waals surface area contributed by atoms with Gasteiger partial charge in [0.05, 0.1) is 4.47 Å². The number of nitrogens with one attached hydrogen (secondary N) is 1. The first-order chi connectivity index (χ1) is 21.8. The molecule has 10 nitrogen and oxygen atoms in total. The van der Waals surface area contributed by atoms with Gasteiger partial charge in [-0.25, -0.2) is 21.8 Å². The fourth-order valence-corrected chi connectivity index (χ4v) is 12.9. The maximum absolute atomic E-state index is 13.1. The van der Waals surface area contributed by atoms with Crippen molar-refractivity contribution in [2.24, 2.45) is 17.8 Å². The molecule has 5 rings (SSSR count). The van der Waals surface area contributed by atoms with Crippen molar-refractivity contribution in [2.75, 3.05) is 31.1 Å². The minimum absolute atomic E-state index is 0.0486. The van der Waals surface area contributed by atoms with Gasteiger partial charge in [0.15, 0.2) is 0 Å². The molecule has 0 spiro atoms. The van der Waals surface area contributed by atoms with Gasteiger partial charge in [-0.15, -0.1) is 11.3 Å². The smallest absolute Gasteiger partial charge is 0.322 e. The number of hydrogen-bond donors (Lipinski definition) is 2. The lowest BCUT2D eigenvalue weighted by Gasteiger charge is -2.34. The highest BCUT2D eigenvalue weighted by atomic mass is 79.9. The molecule has 0 bridgehead atoms. The summed E-state index contributed by atoms with van der Waals surface area (Å²) in [7, 11) is -7.57. The Balaban J connectivity index is 1.06. The minimum Gasteiger partial charge on any atom is -0.480 e. The predicted molar refractivity (Wildman–Crippen MR) is 188 cm³/mol. The van der Waals surface area contributed by atoms with E-state index in [0.29, 0.717) is 56.9 Å². The Morgan fingerprint density at radius 1 is 0.957 bits per heavy atom. The largest absolute Gasteiger partial charge is 0.480 e. The Labute approximate surface area is 298 Å². The molecule has 2 N–H and O–H groups in total. The second-order valence-corrected chi connectivity index (χ2v) is 19.9. The summed E-state index contributed by atoms with van der Waals surface area (Å²) in [4.78, 5) is 18.5. The maximum atomic E-state index is 13.1. The third-order valence-electron chi connectivity index (χ3n) is 9.71. The molecular weight excluding hydrogens is 804 g/mol. The molecule has 2 saturated heterocycles. The van der Waals surface area contributed by atoms with Gasteiger partial charge < -0.3 is 10.0 Å². The predicted octanol–water partition coefficient (Wildman–Crippen LogP) is 7.12. The molecule has 0 amide bonds. The van der Waals surface area contributed by atoms with Crippen molar-refractivity contribution in [3.05, 3.63) is 31.6 Å². The van der Waals surface area contributed by atoms with Gasteiger partial charge in [-0.05, 0) is 100 Å². The van der Waals surface area contributed by atoms with Gasteiger partial charge in [0, 0.05) is 36.8 Å². The van der Waals surface area contributed by atoms with E-state index in [1.807, 2.05) is 0 Å². The molecular formula is C30H41Br2ClN4O6S3. The van der Waals surface area contributed by atoms with Crippen LogP contribution in [-0.2, 0) is 24.8 Å². The number of carbonyl (C=O) groups is 1. The van der Waals surface area contributed by atoms with E-state index in [4.69, 9.17) is 11.6 Å². The lowest BCUT2D eigenvalue weighted by molar-refractivity contribution is -0.140. The number of aromatic nitrogens is 1. The average Bonchev–Trinajstić information content (AvgIpc) is 3.39. The highest BCUT2D eigenvalue weighted by molar-refractivity contribution is 9.11. The summed E-state index contributed by atoms with van der Waals surface area (Å²) in [6, 6.07) is 1.95. The lowest BCUT2D eigenvalue weighted by atomic mass is 9.84. The van der Waals surface area contributed by atoms with E-state index in [1.54, 1.807) is 10.4 Å². The fourth-order valence-electron chi connectivity index (χ4n) is 6.99. The molecule has 0 radical (unpaired) electrons. The molecule has 0 aromatic carbocycles. The van der Waals surface area contributed by atoms with Crippen LogP contribution in [0.25, 0.3) is 0 Å². The van der Waals surface area contributed by atoms with Crippen LogP contribution < -0.4 is 9.62 Å². The van der Waals surface area contributed by atoms with Gasteiger partial charge in [-0.3, -0.25) is 4.79 Å². The number of nitrogens with zero attached hydrogens (tertiary/aromatic N) is 3. The number of sulfonamides is 2. The molecule has 2 aromatic rings. The summed E-state index contributed by atoms with van der Waals surface area (Å²) in [6.45, 7) is 2.72. The number of piperidine rings is 2. The van der Waals surface area contributed by atoms with Gasteiger partial charge in [0.1, 0.15) is 25.3 Å². The average molecular weight is 845 g/mol. The number of aliphatic carboxylic acids is 1. The Morgan fingerprint density at radius 3 is 2.11 bits per heavy atom. The van der Waals surface area contributed by atoms with Crippen molar-refractivity contribution in [3.8, 4) is 0 Å². The topological polar surface area (TPSA) is 137 Å². The Bertz CT molecular complexity index is 1570. The quantitative estimate of drug-likeness (QED) is 0.231. The van der Waals surface area contributed by atoms with Crippen LogP contribution in [-0.4, -0.2) is 69.4 Å². The van der Waals surface area contributed by atoms with Crippen LogP contribution >= 0.6 is 54.8 Å². The molecule has 3 aliphatic rings. The first kappa shape index (κ1) is 36.5. The number of thiophene rings is 1. The van der Waals surface area contributed by atoms with Crippen molar-refractivity contribution in [1.82, 2.24) is 14.0 Å². The van der Waals surface area contributed by atoms with E-state index < -0.39 is 32.1 Å². The van der Waals surface area contributed by atoms with Gasteiger partial charge in [0.25, 0.3) is 10.0 Å². The number of halogens is 3. The highest BCUT2D eigenvalue weighted by Crippen LogP contribution is 2.38. The first-order valence-electron chi connectivity index (χ1n) is 16.0. The van der Waals surface area contributed by atoms with Gasteiger partial charge in [-0.1, -0.05) is 50.1 Å². The van der Waals surface area contributed by atoms with E-state index in [1.165, 1.54) is 12.3 Å². The van der Waals surface area contributed by atoms with E-state index in [2.05, 4.69) is 46.5 Å². The Kier molecular flexibility index (Phi) is 12.5. The van der Waals surface area contributed by atoms with Gasteiger partial charge >= 0.3 is 5.97 Å². The van der Waals surface area contributed by atoms with Gasteiger partial charge in [0.2, 0.25) is 10.0 Å². The van der Waals surface area contributed by atoms with Crippen molar-refractivity contribution in [2.45, 2.75) is 92.2 Å². The summed E-state index contributed by atoms with van der Waals surface area (Å²) in [5, 5.41) is 9.74. The normalized spacial score (nSPS) is 20.6. The lowest BCUT2D eigenvalue weighted by Crippen LogP contribution is -2.46. The molecule has 256 valence electrons. The van der Waals surface area contributed by atoms with Crippen LogP contribution in [0.5, 0.6) is 0 Å². The standard InChI is InChI=1S/C30H41Br2ClN4O6S3/c31-24-18-26(44-28(24)33)46(42,43)37-15-11-21(12-16-37)6-4-5-20-9-13-36(14-10-20)29-25(32)17-23(19-34-29)45(40,41)35-27(30(38)39)22-7-2-1-3-8-22/h17-22,27,35H,1-16H2,(H,38,39). The zero-order valence-electron chi connectivity index (χ0n) is 25.5. The highest BCUT2D eigenvalue weighted by Gasteiger charge is 2.35. The summed E-state index contributed by atoms with van der Waals surface area (Å²) < 4.78 is 58.2. The van der Waals surface area contributed by atoms with Crippen molar-refractivity contribution < 1.29 is 26.7 Å². The van der Waals surface area contributed by atoms with Crippen molar-refractivity contribution >= 4 is 86.6 Å². The molecule has 2 aromatic heterocycles. The molecule has 16 heteroatoms. The minimum atomic E-state index is -4.06. The molecule has 1 aliphatic carbocycles. The first-order valence-corrected chi connectivity index (χ1v) is 21.7. The van der Waals surface area contributed by atoms with Crippen LogP contribution in [0.2, 0.25) is 4.34 Å². The SMILES string of the molecule is O=C(O)C(NS(=O)(=O)c1cnc(N2CCC(CCCC3CCN(S(=O)(=O)c4cc(Br)c(Cl)s4)CC3)CC2)c(Br)c1)C1CCCCC1. The molecule has 3 fully saturated rings. The van der Waals surface area contributed by atoms with Crippen LogP contribution in [0.1, 0.15) is 77.0 Å². The van der Waals surface area contributed by atoms with Crippen LogP contribution in [0.15, 0.2) is 36.4 Å². The number of hydrogen-bond acceptors (Lipinski definition) is 8. The van der Waals surface area contributed by atoms with Crippen molar-refractivity contribution in [1.29, 1.82) is 0 Å². The second-order valence-electron chi connectivity index (χ2n) is 12.7. The molecule has 1 unspecified atom stereocenters. The van der Waals surface area contributed by atoms with Crippen molar-refractivity contribution in [3.63, 3.8) is 0 Å². The van der Waals surface area contributed by atoms with E-state index in [-0.39, 0.29) is 15.0 Å². The van der Waals surface area contributed by atoms with Gasteiger partial charge in [-0.2, -0.15) is 9.03 Å². The van der Waals surface area contributed by atoms with Crippen LogP contribution in [0, 0.1) is 17.8 Å². The second kappa shape index (κ2) is 15.8. The number of carboxylic acids is 1. The summed E-state index contributed by atoms with van der Waals surface area (Å²) in [6.07, 6.45) is 12.7. The number of carboxylic acid groups (broad SMARTS) is 1. The summed E-state index contributed by atoms with van der Waals surface area (Å²) >= 11 is 14.0. The Morgan fingerprint density at radius 2 is 1.57 bits per heavy atom. The van der Waals surface area contributed by atoms with E-state index in [9.17, 15) is 26.7 Å². The molecule has 2 aliphatic heterocycles. The van der Waals surface area contributed by atoms with E-state index >= 15 is 0 Å². The maximum Gasteiger partial charge on any atom is 0.322 e. The van der Waals surface area contributed by atoms with Crippen LogP contribution in [0.3, 0.4) is 0 Å². The van der Waals surface area contributed by atoms with Crippen LogP contribution in [0.4, 0.5) is 5.82 Å². The third kappa shape index (κ3) is 8.85.